The van der Waals surface area contributed by atoms with Crippen molar-refractivity contribution < 1.29 is 9.59 Å². The van der Waals surface area contributed by atoms with Crippen LogP contribution in [0.1, 0.15) is 33.6 Å². The minimum absolute atomic E-state index is 0.0802. The number of hydrogen-bond acceptors (Lipinski definition) is 3. The average molecular weight is 269 g/mol. The van der Waals surface area contributed by atoms with Crippen molar-refractivity contribution in [1.29, 1.82) is 0 Å². The Morgan fingerprint density at radius 1 is 1.11 bits per heavy atom. The molecule has 0 aromatic rings. The molecule has 1 heterocycles. The molecule has 0 aromatic heterocycles. The average Bonchev–Trinajstić information content (AvgIpc) is 2.34. The van der Waals surface area contributed by atoms with Crippen LogP contribution >= 0.6 is 0 Å². The van der Waals surface area contributed by atoms with E-state index in [0.717, 1.165) is 25.9 Å². The SMILES string of the molecule is CCCN1CC(=O)N(CCCNCC(C)C)CC1=O. The standard InChI is InChI=1S/C14H27N3O2/c1-4-7-16-10-14(19)17(11-13(16)18)8-5-6-15-9-12(2)3/h12,15H,4-11H2,1-3H3. The number of rotatable bonds is 8. The number of nitrogens with one attached hydrogen (secondary N) is 1. The lowest BCUT2D eigenvalue weighted by Gasteiger charge is -2.33. The summed E-state index contributed by atoms with van der Waals surface area (Å²) in [6.45, 7) is 10.1. The molecule has 5 heteroatoms. The molecule has 2 amide bonds. The third kappa shape index (κ3) is 5.59. The molecule has 0 bridgehead atoms. The first-order valence-corrected chi connectivity index (χ1v) is 7.30. The van der Waals surface area contributed by atoms with Crippen LogP contribution in [0.2, 0.25) is 0 Å². The Morgan fingerprint density at radius 2 is 1.68 bits per heavy atom. The molecule has 0 aromatic carbocycles. The molecule has 0 atom stereocenters. The zero-order valence-electron chi connectivity index (χ0n) is 12.4. The summed E-state index contributed by atoms with van der Waals surface area (Å²) in [5.74, 6) is 0.800. The Hall–Kier alpha value is -1.10. The van der Waals surface area contributed by atoms with E-state index >= 15 is 0 Å². The van der Waals surface area contributed by atoms with Gasteiger partial charge in [0.05, 0.1) is 13.1 Å². The normalized spacial score (nSPS) is 16.6. The maximum absolute atomic E-state index is 11.9. The Labute approximate surface area is 116 Å². The second kappa shape index (κ2) is 8.15. The molecule has 1 aliphatic heterocycles. The molecule has 1 saturated heterocycles. The van der Waals surface area contributed by atoms with Gasteiger partial charge in [-0.3, -0.25) is 9.59 Å². The van der Waals surface area contributed by atoms with Gasteiger partial charge in [0, 0.05) is 13.1 Å². The largest absolute Gasteiger partial charge is 0.332 e. The Bertz CT molecular complexity index is 305. The summed E-state index contributed by atoms with van der Waals surface area (Å²) in [6.07, 6.45) is 1.80. The maximum atomic E-state index is 11.9. The fourth-order valence-electron chi connectivity index (χ4n) is 2.17. The molecular formula is C14H27N3O2. The van der Waals surface area contributed by atoms with Gasteiger partial charge in [-0.15, -0.1) is 0 Å². The smallest absolute Gasteiger partial charge is 0.242 e. The lowest BCUT2D eigenvalue weighted by atomic mass is 10.2. The van der Waals surface area contributed by atoms with Crippen molar-refractivity contribution in [3.8, 4) is 0 Å². The summed E-state index contributed by atoms with van der Waals surface area (Å²) in [7, 11) is 0. The third-order valence-electron chi connectivity index (χ3n) is 3.19. The van der Waals surface area contributed by atoms with E-state index < -0.39 is 0 Å². The predicted molar refractivity (Wildman–Crippen MR) is 75.8 cm³/mol. The predicted octanol–water partition coefficient (Wildman–Crippen LogP) is 0.703. The van der Waals surface area contributed by atoms with E-state index in [1.54, 1.807) is 9.80 Å². The van der Waals surface area contributed by atoms with Gasteiger partial charge in [-0.2, -0.15) is 0 Å². The molecule has 1 aliphatic rings. The molecule has 1 rings (SSSR count). The van der Waals surface area contributed by atoms with Crippen LogP contribution in [0.4, 0.5) is 0 Å². The molecule has 0 aliphatic carbocycles. The molecule has 110 valence electrons. The van der Waals surface area contributed by atoms with Gasteiger partial charge in [0.25, 0.3) is 0 Å². The fraction of sp³-hybridized carbons (Fsp3) is 0.857. The molecule has 5 nitrogen and oxygen atoms in total. The Balaban J connectivity index is 2.24. The van der Waals surface area contributed by atoms with Crippen LogP contribution in [0.25, 0.3) is 0 Å². The van der Waals surface area contributed by atoms with Crippen LogP contribution in [0.3, 0.4) is 0 Å². The second-order valence-corrected chi connectivity index (χ2v) is 5.58. The van der Waals surface area contributed by atoms with Crippen LogP contribution in [-0.4, -0.2) is 60.9 Å². The first-order valence-electron chi connectivity index (χ1n) is 7.30. The molecule has 1 fully saturated rings. The summed E-state index contributed by atoms with van der Waals surface area (Å²) in [4.78, 5) is 27.1. The first kappa shape index (κ1) is 16.0. The van der Waals surface area contributed by atoms with E-state index in [2.05, 4.69) is 19.2 Å². The van der Waals surface area contributed by atoms with Gasteiger partial charge in [0.1, 0.15) is 0 Å². The minimum Gasteiger partial charge on any atom is -0.332 e. The number of amides is 2. The van der Waals surface area contributed by atoms with Crippen LogP contribution in [-0.2, 0) is 9.59 Å². The van der Waals surface area contributed by atoms with Crippen molar-refractivity contribution in [2.75, 3.05) is 39.3 Å². The van der Waals surface area contributed by atoms with E-state index in [-0.39, 0.29) is 24.9 Å². The molecule has 0 radical (unpaired) electrons. The van der Waals surface area contributed by atoms with E-state index in [0.29, 0.717) is 19.0 Å². The summed E-state index contributed by atoms with van der Waals surface area (Å²) in [5.41, 5.74) is 0. The quantitative estimate of drug-likeness (QED) is 0.660. The van der Waals surface area contributed by atoms with E-state index in [4.69, 9.17) is 0 Å². The van der Waals surface area contributed by atoms with E-state index in [1.807, 2.05) is 6.92 Å². The van der Waals surface area contributed by atoms with Crippen molar-refractivity contribution in [1.82, 2.24) is 15.1 Å². The van der Waals surface area contributed by atoms with E-state index in [9.17, 15) is 9.59 Å². The lowest BCUT2D eigenvalue weighted by Crippen LogP contribution is -2.54. The highest BCUT2D eigenvalue weighted by molar-refractivity contribution is 5.92. The van der Waals surface area contributed by atoms with Gasteiger partial charge >= 0.3 is 0 Å². The highest BCUT2D eigenvalue weighted by Crippen LogP contribution is 2.06. The number of carbonyl (C=O) groups is 2. The summed E-state index contributed by atoms with van der Waals surface area (Å²) < 4.78 is 0. The molecule has 19 heavy (non-hydrogen) atoms. The zero-order chi connectivity index (χ0) is 14.3. The highest BCUT2D eigenvalue weighted by Gasteiger charge is 2.28. The van der Waals surface area contributed by atoms with Crippen molar-refractivity contribution in [2.24, 2.45) is 5.92 Å². The van der Waals surface area contributed by atoms with Crippen molar-refractivity contribution >= 4 is 11.8 Å². The monoisotopic (exact) mass is 269 g/mol. The van der Waals surface area contributed by atoms with Crippen molar-refractivity contribution in [2.45, 2.75) is 33.6 Å². The third-order valence-corrected chi connectivity index (χ3v) is 3.19. The van der Waals surface area contributed by atoms with Gasteiger partial charge in [-0.05, 0) is 31.8 Å². The highest BCUT2D eigenvalue weighted by atomic mass is 16.2. The summed E-state index contributed by atoms with van der Waals surface area (Å²) >= 11 is 0. The van der Waals surface area contributed by atoms with Gasteiger partial charge in [-0.1, -0.05) is 20.8 Å². The molecule has 1 N–H and O–H groups in total. The molecule has 0 saturated carbocycles. The van der Waals surface area contributed by atoms with Crippen LogP contribution in [0.15, 0.2) is 0 Å². The van der Waals surface area contributed by atoms with Crippen LogP contribution in [0.5, 0.6) is 0 Å². The summed E-state index contributed by atoms with van der Waals surface area (Å²) in [5, 5.41) is 3.35. The second-order valence-electron chi connectivity index (χ2n) is 5.58. The van der Waals surface area contributed by atoms with Crippen LogP contribution in [0, 0.1) is 5.92 Å². The Kier molecular flexibility index (Phi) is 6.84. The molecule has 0 spiro atoms. The maximum Gasteiger partial charge on any atom is 0.242 e. The van der Waals surface area contributed by atoms with E-state index in [1.165, 1.54) is 0 Å². The van der Waals surface area contributed by atoms with Crippen LogP contribution < -0.4 is 5.32 Å². The zero-order valence-corrected chi connectivity index (χ0v) is 12.4. The van der Waals surface area contributed by atoms with Gasteiger partial charge in [0.2, 0.25) is 11.8 Å². The van der Waals surface area contributed by atoms with Crippen molar-refractivity contribution in [3.63, 3.8) is 0 Å². The van der Waals surface area contributed by atoms with Gasteiger partial charge in [0.15, 0.2) is 0 Å². The fourth-order valence-corrected chi connectivity index (χ4v) is 2.17. The molecule has 0 unspecified atom stereocenters. The summed E-state index contributed by atoms with van der Waals surface area (Å²) in [6, 6.07) is 0. The number of carbonyl (C=O) groups excluding carboxylic acids is 2. The number of piperazine rings is 1. The molecular weight excluding hydrogens is 242 g/mol. The Morgan fingerprint density at radius 3 is 2.21 bits per heavy atom. The van der Waals surface area contributed by atoms with Gasteiger partial charge in [-0.25, -0.2) is 0 Å². The van der Waals surface area contributed by atoms with Gasteiger partial charge < -0.3 is 15.1 Å². The topological polar surface area (TPSA) is 52.7 Å². The lowest BCUT2D eigenvalue weighted by molar-refractivity contribution is -0.150. The number of nitrogens with zero attached hydrogens (tertiary/aromatic N) is 2. The number of hydrogen-bond donors (Lipinski definition) is 1. The first-order chi connectivity index (χ1) is 9.04. The van der Waals surface area contributed by atoms with Crippen molar-refractivity contribution in [3.05, 3.63) is 0 Å². The minimum atomic E-state index is 0.0802.